The first-order valence-electron chi connectivity index (χ1n) is 6.55. The molecule has 20 heavy (non-hydrogen) atoms. The molecule has 1 unspecified atom stereocenters. The van der Waals surface area contributed by atoms with Gasteiger partial charge in [-0.05, 0) is 37.7 Å². The second-order valence-electron chi connectivity index (χ2n) is 4.79. The molecule has 2 rings (SSSR count). The Morgan fingerprint density at radius 3 is 2.65 bits per heavy atom. The van der Waals surface area contributed by atoms with Crippen molar-refractivity contribution >= 4 is 24.0 Å². The maximum atomic E-state index is 11.9. The Hall–Kier alpha value is -1.30. The van der Waals surface area contributed by atoms with E-state index in [1.807, 2.05) is 31.3 Å². The summed E-state index contributed by atoms with van der Waals surface area (Å²) in [7, 11) is 3.59. The molecule has 1 aliphatic rings. The lowest BCUT2D eigenvalue weighted by Crippen LogP contribution is -2.34. The lowest BCUT2D eigenvalue weighted by molar-refractivity contribution is -0.117. The number of ether oxygens (including phenoxy) is 1. The van der Waals surface area contributed by atoms with Gasteiger partial charge in [0.25, 0.3) is 0 Å². The minimum atomic E-state index is 0. The van der Waals surface area contributed by atoms with Crippen LogP contribution in [0, 0.1) is 0 Å². The van der Waals surface area contributed by atoms with Gasteiger partial charge in [-0.15, -0.1) is 12.4 Å². The van der Waals surface area contributed by atoms with Crippen LogP contribution < -0.4 is 15.4 Å². The lowest BCUT2D eigenvalue weighted by Gasteiger charge is -2.15. The van der Waals surface area contributed by atoms with Crippen molar-refractivity contribution in [2.45, 2.75) is 12.5 Å². The summed E-state index contributed by atoms with van der Waals surface area (Å²) in [6.45, 7) is 2.36. The third-order valence-corrected chi connectivity index (χ3v) is 3.42. The fourth-order valence-electron chi connectivity index (χ4n) is 2.29. The molecule has 1 heterocycles. The molecule has 0 saturated carbocycles. The second kappa shape index (κ2) is 8.09. The van der Waals surface area contributed by atoms with Crippen LogP contribution >= 0.6 is 12.4 Å². The Bertz CT molecular complexity index is 425. The highest BCUT2D eigenvalue weighted by Gasteiger charge is 2.22. The number of halogens is 1. The van der Waals surface area contributed by atoms with Crippen molar-refractivity contribution in [1.82, 2.24) is 10.2 Å². The Balaban J connectivity index is 0.00000200. The monoisotopic (exact) mass is 299 g/mol. The normalized spacial score (nSPS) is 18.4. The number of methoxy groups -OCH3 is 1. The zero-order valence-electron chi connectivity index (χ0n) is 11.9. The number of hydrogen-bond acceptors (Lipinski definition) is 4. The van der Waals surface area contributed by atoms with Crippen LogP contribution in [0.3, 0.4) is 0 Å². The van der Waals surface area contributed by atoms with Gasteiger partial charge in [-0.3, -0.25) is 9.69 Å². The van der Waals surface area contributed by atoms with Crippen LogP contribution in [0.2, 0.25) is 0 Å². The summed E-state index contributed by atoms with van der Waals surface area (Å²) in [5, 5.41) is 6.14. The molecule has 112 valence electrons. The van der Waals surface area contributed by atoms with E-state index >= 15 is 0 Å². The number of amides is 1. The highest BCUT2D eigenvalue weighted by molar-refractivity contribution is 5.92. The maximum absolute atomic E-state index is 11.9. The van der Waals surface area contributed by atoms with Gasteiger partial charge in [-0.2, -0.15) is 0 Å². The molecule has 6 heteroatoms. The van der Waals surface area contributed by atoms with Crippen molar-refractivity contribution in [3.05, 3.63) is 24.3 Å². The summed E-state index contributed by atoms with van der Waals surface area (Å²) < 4.78 is 5.08. The molecule has 1 aromatic carbocycles. The molecule has 0 radical (unpaired) electrons. The molecule has 0 aromatic heterocycles. The first-order chi connectivity index (χ1) is 9.21. The van der Waals surface area contributed by atoms with Gasteiger partial charge in [-0.1, -0.05) is 0 Å². The molecule has 1 atom stereocenters. The Labute approximate surface area is 126 Å². The highest BCUT2D eigenvalue weighted by atomic mass is 35.5. The summed E-state index contributed by atoms with van der Waals surface area (Å²) >= 11 is 0. The Morgan fingerprint density at radius 1 is 1.40 bits per heavy atom. The van der Waals surface area contributed by atoms with Crippen LogP contribution in [0.25, 0.3) is 0 Å². The molecule has 1 aromatic rings. The summed E-state index contributed by atoms with van der Waals surface area (Å²) in [4.78, 5) is 14.1. The number of nitrogens with zero attached hydrogens (tertiary/aromatic N) is 1. The number of likely N-dealkylation sites (N-methyl/N-ethyl adjacent to an activating group) is 1. The van der Waals surface area contributed by atoms with Gasteiger partial charge >= 0.3 is 0 Å². The quantitative estimate of drug-likeness (QED) is 0.862. The number of carbonyl (C=O) groups is 1. The van der Waals surface area contributed by atoms with Gasteiger partial charge in [0.2, 0.25) is 5.91 Å². The average Bonchev–Trinajstić information content (AvgIpc) is 2.87. The average molecular weight is 300 g/mol. The number of likely N-dealkylation sites (tertiary alicyclic amines) is 1. The van der Waals surface area contributed by atoms with Crippen LogP contribution in [0.15, 0.2) is 24.3 Å². The van der Waals surface area contributed by atoms with E-state index in [0.29, 0.717) is 12.6 Å². The summed E-state index contributed by atoms with van der Waals surface area (Å²) in [6, 6.07) is 7.87. The smallest absolute Gasteiger partial charge is 0.238 e. The van der Waals surface area contributed by atoms with Gasteiger partial charge in [-0.25, -0.2) is 0 Å². The van der Waals surface area contributed by atoms with Crippen molar-refractivity contribution in [2.24, 2.45) is 0 Å². The first kappa shape index (κ1) is 16.8. The van der Waals surface area contributed by atoms with Gasteiger partial charge in [0, 0.05) is 24.8 Å². The highest BCUT2D eigenvalue weighted by Crippen LogP contribution is 2.15. The molecule has 1 fully saturated rings. The van der Waals surface area contributed by atoms with E-state index in [9.17, 15) is 4.79 Å². The lowest BCUT2D eigenvalue weighted by atomic mass is 10.3. The zero-order valence-corrected chi connectivity index (χ0v) is 12.7. The maximum Gasteiger partial charge on any atom is 0.238 e. The van der Waals surface area contributed by atoms with Crippen molar-refractivity contribution < 1.29 is 9.53 Å². The van der Waals surface area contributed by atoms with Crippen LogP contribution in [-0.4, -0.2) is 50.6 Å². The third kappa shape index (κ3) is 4.67. The molecular formula is C14H22ClN3O2. The zero-order chi connectivity index (χ0) is 13.7. The molecular weight excluding hydrogens is 278 g/mol. The largest absolute Gasteiger partial charge is 0.497 e. The predicted octanol–water partition coefficient (Wildman–Crippen LogP) is 1.35. The first-order valence-corrected chi connectivity index (χ1v) is 6.55. The standard InChI is InChI=1S/C14H21N3O2.ClH/c1-15-12-7-8-17(9-12)10-14(18)16-11-3-5-13(19-2)6-4-11;/h3-6,12,15H,7-10H2,1-2H3,(H,16,18);1H. The molecule has 1 saturated heterocycles. The molecule has 1 amide bonds. The third-order valence-electron chi connectivity index (χ3n) is 3.42. The van der Waals surface area contributed by atoms with Crippen molar-refractivity contribution in [3.63, 3.8) is 0 Å². The van der Waals surface area contributed by atoms with E-state index in [1.54, 1.807) is 7.11 Å². The summed E-state index contributed by atoms with van der Waals surface area (Å²) in [5.74, 6) is 0.816. The van der Waals surface area contributed by atoms with E-state index in [2.05, 4.69) is 15.5 Å². The van der Waals surface area contributed by atoms with Gasteiger partial charge in [0.1, 0.15) is 5.75 Å². The number of anilines is 1. The van der Waals surface area contributed by atoms with E-state index in [-0.39, 0.29) is 18.3 Å². The second-order valence-corrected chi connectivity index (χ2v) is 4.79. The number of hydrogen-bond donors (Lipinski definition) is 2. The van der Waals surface area contributed by atoms with E-state index in [1.165, 1.54) is 0 Å². The van der Waals surface area contributed by atoms with Crippen LogP contribution in [-0.2, 0) is 4.79 Å². The SMILES string of the molecule is CNC1CCN(CC(=O)Nc2ccc(OC)cc2)C1.Cl. The van der Waals surface area contributed by atoms with E-state index in [0.717, 1.165) is 30.9 Å². The summed E-state index contributed by atoms with van der Waals surface area (Å²) in [6.07, 6.45) is 1.10. The number of benzene rings is 1. The fraction of sp³-hybridized carbons (Fsp3) is 0.500. The van der Waals surface area contributed by atoms with Crippen molar-refractivity contribution in [1.29, 1.82) is 0 Å². The van der Waals surface area contributed by atoms with Crippen molar-refractivity contribution in [3.8, 4) is 5.75 Å². The van der Waals surface area contributed by atoms with E-state index < -0.39 is 0 Å². The predicted molar refractivity (Wildman–Crippen MR) is 82.8 cm³/mol. The van der Waals surface area contributed by atoms with Crippen LogP contribution in [0.4, 0.5) is 5.69 Å². The van der Waals surface area contributed by atoms with Gasteiger partial charge < -0.3 is 15.4 Å². The molecule has 1 aliphatic heterocycles. The minimum absolute atomic E-state index is 0. The van der Waals surface area contributed by atoms with Gasteiger partial charge in [0.15, 0.2) is 0 Å². The van der Waals surface area contributed by atoms with Crippen molar-refractivity contribution in [2.75, 3.05) is 39.1 Å². The topological polar surface area (TPSA) is 53.6 Å². The van der Waals surface area contributed by atoms with Gasteiger partial charge in [0.05, 0.1) is 13.7 Å². The molecule has 0 bridgehead atoms. The van der Waals surface area contributed by atoms with Crippen LogP contribution in [0.5, 0.6) is 5.75 Å². The molecule has 2 N–H and O–H groups in total. The summed E-state index contributed by atoms with van der Waals surface area (Å²) in [5.41, 5.74) is 0.801. The minimum Gasteiger partial charge on any atom is -0.497 e. The van der Waals surface area contributed by atoms with E-state index in [4.69, 9.17) is 4.74 Å². The molecule has 0 spiro atoms. The number of rotatable bonds is 5. The van der Waals surface area contributed by atoms with Crippen LogP contribution in [0.1, 0.15) is 6.42 Å². The molecule has 5 nitrogen and oxygen atoms in total. The fourth-order valence-corrected chi connectivity index (χ4v) is 2.29. The number of carbonyl (C=O) groups excluding carboxylic acids is 1. The number of nitrogens with one attached hydrogen (secondary N) is 2. The Kier molecular flexibility index (Phi) is 6.78. The molecule has 0 aliphatic carbocycles. The Morgan fingerprint density at radius 2 is 2.10 bits per heavy atom.